The molecule has 1 heterocycles. The van der Waals surface area contributed by atoms with Crippen LogP contribution < -0.4 is 11.1 Å². The van der Waals surface area contributed by atoms with Gasteiger partial charge >= 0.3 is 0 Å². The largest absolute Gasteiger partial charge is 0.379 e. The van der Waals surface area contributed by atoms with Gasteiger partial charge in [-0.2, -0.15) is 0 Å². The Morgan fingerprint density at radius 1 is 1.07 bits per heavy atom. The van der Waals surface area contributed by atoms with Crippen molar-refractivity contribution >= 4 is 36.4 Å². The minimum atomic E-state index is -1.08. The molecule has 1 aliphatic rings. The summed E-state index contributed by atoms with van der Waals surface area (Å²) in [6, 6.07) is 17.3. The van der Waals surface area contributed by atoms with Gasteiger partial charge in [-0.25, -0.2) is 0 Å². The summed E-state index contributed by atoms with van der Waals surface area (Å²) in [5.74, 6) is -0.223. The maximum atomic E-state index is 12.6. The lowest BCUT2D eigenvalue weighted by molar-refractivity contribution is -0.120. The highest BCUT2D eigenvalue weighted by Crippen LogP contribution is 2.20. The fraction of sp³-hybridized carbons (Fsp3) is 0.350. The summed E-state index contributed by atoms with van der Waals surface area (Å²) in [6.45, 7) is 6.13. The van der Waals surface area contributed by atoms with Crippen molar-refractivity contribution in [3.05, 3.63) is 65.7 Å². The fourth-order valence-corrected chi connectivity index (χ4v) is 2.89. The van der Waals surface area contributed by atoms with Crippen LogP contribution in [-0.2, 0) is 21.6 Å². The van der Waals surface area contributed by atoms with E-state index < -0.39 is 5.54 Å². The van der Waals surface area contributed by atoms with Crippen LogP contribution >= 0.6 is 24.8 Å². The number of carbonyl (C=O) groups is 1. The van der Waals surface area contributed by atoms with Crippen LogP contribution in [0.5, 0.6) is 0 Å². The molecule has 148 valence electrons. The van der Waals surface area contributed by atoms with E-state index in [0.29, 0.717) is 0 Å². The maximum absolute atomic E-state index is 12.6. The van der Waals surface area contributed by atoms with Crippen LogP contribution in [0, 0.1) is 0 Å². The van der Waals surface area contributed by atoms with Gasteiger partial charge in [-0.05, 0) is 30.2 Å². The van der Waals surface area contributed by atoms with Crippen molar-refractivity contribution in [3.8, 4) is 0 Å². The van der Waals surface area contributed by atoms with Crippen LogP contribution in [0.3, 0.4) is 0 Å². The smallest absolute Gasteiger partial charge is 0.248 e. The second-order valence-electron chi connectivity index (χ2n) is 6.61. The first-order valence-corrected chi connectivity index (χ1v) is 8.60. The lowest BCUT2D eigenvalue weighted by atomic mass is 9.92. The number of nitrogens with one attached hydrogen (secondary N) is 1. The maximum Gasteiger partial charge on any atom is 0.248 e. The highest BCUT2D eigenvalue weighted by Gasteiger charge is 2.30. The van der Waals surface area contributed by atoms with Crippen LogP contribution in [0.2, 0.25) is 0 Å². The van der Waals surface area contributed by atoms with Crippen molar-refractivity contribution in [1.82, 2.24) is 4.90 Å². The summed E-state index contributed by atoms with van der Waals surface area (Å²) in [7, 11) is 0. The number of nitrogens with two attached hydrogens (primary N) is 1. The number of carbonyl (C=O) groups excluding carboxylic acids is 1. The van der Waals surface area contributed by atoms with Gasteiger partial charge in [0.05, 0.1) is 13.2 Å². The molecule has 5 nitrogen and oxygen atoms in total. The quantitative estimate of drug-likeness (QED) is 0.792. The molecule has 0 saturated carbocycles. The lowest BCUT2D eigenvalue weighted by Crippen LogP contribution is -2.45. The van der Waals surface area contributed by atoms with Crippen LogP contribution in [0.15, 0.2) is 54.6 Å². The first kappa shape index (κ1) is 23.4. The van der Waals surface area contributed by atoms with E-state index in [2.05, 4.69) is 10.2 Å². The molecule has 27 heavy (non-hydrogen) atoms. The van der Waals surface area contributed by atoms with Gasteiger partial charge in [0.2, 0.25) is 5.91 Å². The first-order chi connectivity index (χ1) is 12.1. The molecule has 0 radical (unpaired) electrons. The molecule has 1 saturated heterocycles. The molecule has 1 fully saturated rings. The molecular formula is C20H27Cl2N3O2. The van der Waals surface area contributed by atoms with E-state index in [1.165, 1.54) is 5.56 Å². The van der Waals surface area contributed by atoms with Crippen LogP contribution in [-0.4, -0.2) is 37.1 Å². The van der Waals surface area contributed by atoms with Gasteiger partial charge in [-0.3, -0.25) is 9.69 Å². The van der Waals surface area contributed by atoms with Crippen molar-refractivity contribution < 1.29 is 9.53 Å². The SMILES string of the molecule is CC(N)(C(=O)Nc1ccc(CN2CCOCC2)cc1)c1ccccc1.Cl.Cl. The van der Waals surface area contributed by atoms with E-state index in [1.54, 1.807) is 6.92 Å². The van der Waals surface area contributed by atoms with Gasteiger partial charge in [0.25, 0.3) is 0 Å². The van der Waals surface area contributed by atoms with E-state index in [1.807, 2.05) is 54.6 Å². The van der Waals surface area contributed by atoms with E-state index >= 15 is 0 Å². The van der Waals surface area contributed by atoms with Crippen molar-refractivity contribution in [2.24, 2.45) is 5.73 Å². The Morgan fingerprint density at radius 2 is 1.67 bits per heavy atom. The molecule has 2 aromatic rings. The summed E-state index contributed by atoms with van der Waals surface area (Å²) in [5.41, 5.74) is 7.94. The van der Waals surface area contributed by atoms with E-state index in [-0.39, 0.29) is 30.7 Å². The molecule has 1 unspecified atom stereocenters. The average Bonchev–Trinajstić information content (AvgIpc) is 2.65. The normalized spacial score (nSPS) is 16.4. The van der Waals surface area contributed by atoms with Gasteiger partial charge in [0, 0.05) is 25.3 Å². The number of anilines is 1. The molecule has 2 aromatic carbocycles. The Bertz CT molecular complexity index is 703. The van der Waals surface area contributed by atoms with Crippen LogP contribution in [0.4, 0.5) is 5.69 Å². The number of hydrogen-bond acceptors (Lipinski definition) is 4. The zero-order valence-corrected chi connectivity index (χ0v) is 17.0. The number of rotatable bonds is 5. The van der Waals surface area contributed by atoms with Crippen molar-refractivity contribution in [2.75, 3.05) is 31.6 Å². The standard InChI is InChI=1S/C20H25N3O2.2ClH/c1-20(21,17-5-3-2-4-6-17)19(24)22-18-9-7-16(8-10-18)15-23-11-13-25-14-12-23;;/h2-10H,11-15,21H2,1H3,(H,22,24);2*1H. The summed E-state index contributed by atoms with van der Waals surface area (Å²) in [5, 5.41) is 2.91. The Morgan fingerprint density at radius 3 is 2.26 bits per heavy atom. The minimum absolute atomic E-state index is 0. The minimum Gasteiger partial charge on any atom is -0.379 e. The average molecular weight is 412 g/mol. The zero-order valence-electron chi connectivity index (χ0n) is 15.4. The Balaban J connectivity index is 0.00000182. The summed E-state index contributed by atoms with van der Waals surface area (Å²) < 4.78 is 5.37. The van der Waals surface area contributed by atoms with E-state index in [9.17, 15) is 4.79 Å². The molecule has 1 amide bonds. The van der Waals surface area contributed by atoms with Crippen molar-refractivity contribution in [2.45, 2.75) is 19.0 Å². The van der Waals surface area contributed by atoms with Gasteiger partial charge < -0.3 is 15.8 Å². The molecule has 1 atom stereocenters. The third-order valence-electron chi connectivity index (χ3n) is 4.57. The Kier molecular flexibility index (Phi) is 9.22. The molecule has 7 heteroatoms. The molecule has 0 spiro atoms. The number of benzene rings is 2. The summed E-state index contributed by atoms with van der Waals surface area (Å²) in [6.07, 6.45) is 0. The summed E-state index contributed by atoms with van der Waals surface area (Å²) >= 11 is 0. The molecule has 3 N–H and O–H groups in total. The number of amides is 1. The third kappa shape index (κ3) is 6.19. The fourth-order valence-electron chi connectivity index (χ4n) is 2.89. The summed E-state index contributed by atoms with van der Waals surface area (Å²) in [4.78, 5) is 14.9. The molecular weight excluding hydrogens is 385 g/mol. The molecule has 0 bridgehead atoms. The lowest BCUT2D eigenvalue weighted by Gasteiger charge is -2.26. The number of ether oxygens (including phenoxy) is 1. The predicted octanol–water partition coefficient (Wildman–Crippen LogP) is 3.18. The first-order valence-electron chi connectivity index (χ1n) is 8.60. The third-order valence-corrected chi connectivity index (χ3v) is 4.57. The van der Waals surface area contributed by atoms with Gasteiger partial charge in [-0.15, -0.1) is 24.8 Å². The number of nitrogens with zero attached hydrogens (tertiary/aromatic N) is 1. The molecule has 0 aromatic heterocycles. The predicted molar refractivity (Wildman–Crippen MR) is 114 cm³/mol. The van der Waals surface area contributed by atoms with Crippen molar-refractivity contribution in [3.63, 3.8) is 0 Å². The molecule has 3 rings (SSSR count). The Labute approximate surface area is 173 Å². The van der Waals surface area contributed by atoms with Crippen molar-refractivity contribution in [1.29, 1.82) is 0 Å². The number of hydrogen-bond donors (Lipinski definition) is 2. The zero-order chi connectivity index (χ0) is 17.7. The van der Waals surface area contributed by atoms with E-state index in [4.69, 9.17) is 10.5 Å². The second kappa shape index (κ2) is 10.6. The van der Waals surface area contributed by atoms with Gasteiger partial charge in [-0.1, -0.05) is 42.5 Å². The second-order valence-corrected chi connectivity index (χ2v) is 6.61. The molecule has 0 aliphatic carbocycles. The van der Waals surface area contributed by atoms with Gasteiger partial charge in [0.1, 0.15) is 5.54 Å². The van der Waals surface area contributed by atoms with Crippen LogP contribution in [0.1, 0.15) is 18.1 Å². The number of halogens is 2. The van der Waals surface area contributed by atoms with E-state index in [0.717, 1.165) is 44.1 Å². The topological polar surface area (TPSA) is 67.6 Å². The van der Waals surface area contributed by atoms with Gasteiger partial charge in [0.15, 0.2) is 0 Å². The Hall–Kier alpha value is -1.63. The molecule has 1 aliphatic heterocycles. The highest BCUT2D eigenvalue weighted by atomic mass is 35.5. The monoisotopic (exact) mass is 411 g/mol. The highest BCUT2D eigenvalue weighted by molar-refractivity contribution is 5.98. The number of morpholine rings is 1. The van der Waals surface area contributed by atoms with Crippen LogP contribution in [0.25, 0.3) is 0 Å².